The Morgan fingerprint density at radius 1 is 1.07 bits per heavy atom. The number of hydrogen-bond donors (Lipinski definition) is 1. The Kier molecular flexibility index (Phi) is 11.5. The van der Waals surface area contributed by atoms with Gasteiger partial charge in [0, 0.05) is 22.9 Å². The van der Waals surface area contributed by atoms with Crippen LogP contribution in [0.1, 0.15) is 49.9 Å². The molecule has 0 spiro atoms. The molecule has 0 aliphatic rings. The molecule has 0 bridgehead atoms. The zero-order valence-electron chi connectivity index (χ0n) is 17.1. The smallest absolute Gasteiger partial charge is 0.255 e. The Bertz CT molecular complexity index is 747. The number of carbonyl (C=O) groups is 1. The minimum absolute atomic E-state index is 0. The van der Waals surface area contributed by atoms with E-state index in [0.717, 1.165) is 34.9 Å². The van der Waals surface area contributed by atoms with Crippen molar-refractivity contribution in [1.82, 2.24) is 10.2 Å². The number of hydrogen-bond acceptors (Lipinski definition) is 3. The highest BCUT2D eigenvalue weighted by Crippen LogP contribution is 2.35. The summed E-state index contributed by atoms with van der Waals surface area (Å²) in [4.78, 5) is 15.2. The van der Waals surface area contributed by atoms with E-state index < -0.39 is 0 Å². The fourth-order valence-corrected chi connectivity index (χ4v) is 3.79. The predicted octanol–water partition coefficient (Wildman–Crippen LogP) is 5.66. The lowest BCUT2D eigenvalue weighted by molar-refractivity contribution is 0.0945. The van der Waals surface area contributed by atoms with E-state index in [4.69, 9.17) is 4.74 Å². The third-order valence-electron chi connectivity index (χ3n) is 4.76. The van der Waals surface area contributed by atoms with Crippen LogP contribution in [0.2, 0.25) is 0 Å². The number of unbranched alkanes of at least 4 members (excludes halogenated alkanes) is 2. The summed E-state index contributed by atoms with van der Waals surface area (Å²) in [6, 6.07) is 9.78. The third-order valence-corrected chi connectivity index (χ3v) is 5.42. The minimum Gasteiger partial charge on any atom is -0.495 e. The van der Waals surface area contributed by atoms with Crippen molar-refractivity contribution in [3.8, 4) is 5.75 Å². The molecule has 0 heterocycles. The molecule has 0 unspecified atom stereocenters. The maximum atomic E-state index is 12.8. The van der Waals surface area contributed by atoms with E-state index in [1.54, 1.807) is 7.11 Å². The van der Waals surface area contributed by atoms with Crippen molar-refractivity contribution in [3.63, 3.8) is 0 Å². The van der Waals surface area contributed by atoms with Gasteiger partial charge in [-0.2, -0.15) is 0 Å². The van der Waals surface area contributed by atoms with Crippen LogP contribution in [0.4, 0.5) is 0 Å². The number of nitrogens with one attached hydrogen (secondary N) is 1. The topological polar surface area (TPSA) is 41.6 Å². The summed E-state index contributed by atoms with van der Waals surface area (Å²) in [6.45, 7) is 8.13. The largest absolute Gasteiger partial charge is 0.495 e. The Hall–Kier alpha value is -1.30. The second kappa shape index (κ2) is 13.0. The van der Waals surface area contributed by atoms with Crippen LogP contribution >= 0.6 is 28.3 Å². The monoisotopic (exact) mass is 470 g/mol. The van der Waals surface area contributed by atoms with Crippen LogP contribution in [-0.2, 0) is 0 Å². The van der Waals surface area contributed by atoms with E-state index in [9.17, 15) is 4.79 Å². The van der Waals surface area contributed by atoms with Gasteiger partial charge in [0.1, 0.15) is 5.75 Å². The van der Waals surface area contributed by atoms with Gasteiger partial charge in [0.25, 0.3) is 5.91 Å². The molecule has 1 amide bonds. The number of carbonyl (C=O) groups excluding carboxylic acids is 1. The molecule has 0 saturated heterocycles. The zero-order chi connectivity index (χ0) is 19.6. The molecule has 0 radical (unpaired) electrons. The summed E-state index contributed by atoms with van der Waals surface area (Å²) < 4.78 is 6.48. The van der Waals surface area contributed by atoms with E-state index in [1.807, 2.05) is 30.3 Å². The number of ether oxygens (including phenoxy) is 1. The van der Waals surface area contributed by atoms with Crippen LogP contribution in [0.25, 0.3) is 10.8 Å². The molecule has 0 atom stereocenters. The normalized spacial score (nSPS) is 10.8. The first-order valence-electron chi connectivity index (χ1n) is 9.88. The lowest BCUT2D eigenvalue weighted by atomic mass is 10.0. The third kappa shape index (κ3) is 6.64. The molecular weight excluding hydrogens is 440 g/mol. The molecule has 1 N–H and O–H groups in total. The molecule has 156 valence electrons. The summed E-state index contributed by atoms with van der Waals surface area (Å²) in [6.07, 6.45) is 4.78. The van der Waals surface area contributed by atoms with Crippen molar-refractivity contribution in [2.75, 3.05) is 33.3 Å². The second-order valence-electron chi connectivity index (χ2n) is 6.79. The van der Waals surface area contributed by atoms with Gasteiger partial charge in [-0.25, -0.2) is 0 Å². The summed E-state index contributed by atoms with van der Waals surface area (Å²) in [7, 11) is 1.61. The van der Waals surface area contributed by atoms with Crippen molar-refractivity contribution in [2.45, 2.75) is 39.5 Å². The highest BCUT2D eigenvalue weighted by atomic mass is 79.9. The van der Waals surface area contributed by atoms with Gasteiger partial charge in [0.2, 0.25) is 0 Å². The number of nitrogens with zero attached hydrogens (tertiary/aromatic N) is 1. The van der Waals surface area contributed by atoms with Crippen LogP contribution in [0.5, 0.6) is 5.75 Å². The lowest BCUT2D eigenvalue weighted by Crippen LogP contribution is -2.36. The highest BCUT2D eigenvalue weighted by molar-refractivity contribution is 9.10. The first kappa shape index (κ1) is 24.7. The number of benzene rings is 2. The van der Waals surface area contributed by atoms with E-state index in [-0.39, 0.29) is 18.3 Å². The fourth-order valence-electron chi connectivity index (χ4n) is 3.21. The SMILES string of the molecule is CCCCN(CCCC)CCNC(=O)c1cc(Br)c2ccccc2c1OC.Cl. The zero-order valence-corrected chi connectivity index (χ0v) is 19.5. The average Bonchev–Trinajstić information content (AvgIpc) is 2.69. The van der Waals surface area contributed by atoms with Gasteiger partial charge in [-0.1, -0.05) is 66.9 Å². The molecule has 0 saturated carbocycles. The molecule has 2 aromatic rings. The number of rotatable bonds is 11. The first-order valence-corrected chi connectivity index (χ1v) is 10.7. The van der Waals surface area contributed by atoms with Crippen molar-refractivity contribution < 1.29 is 9.53 Å². The summed E-state index contributed by atoms with van der Waals surface area (Å²) in [5, 5.41) is 5.04. The molecule has 2 aromatic carbocycles. The predicted molar refractivity (Wildman–Crippen MR) is 124 cm³/mol. The summed E-state index contributed by atoms with van der Waals surface area (Å²) in [5.41, 5.74) is 0.566. The molecule has 0 fully saturated rings. The molecule has 0 aromatic heterocycles. The van der Waals surface area contributed by atoms with Gasteiger partial charge in [-0.3, -0.25) is 4.79 Å². The van der Waals surface area contributed by atoms with Gasteiger partial charge in [-0.05, 0) is 37.4 Å². The number of halogens is 2. The Balaban J connectivity index is 0.00000392. The van der Waals surface area contributed by atoms with Crippen LogP contribution in [0.15, 0.2) is 34.8 Å². The second-order valence-corrected chi connectivity index (χ2v) is 7.64. The highest BCUT2D eigenvalue weighted by Gasteiger charge is 2.17. The lowest BCUT2D eigenvalue weighted by Gasteiger charge is -2.22. The van der Waals surface area contributed by atoms with Gasteiger partial charge in [-0.15, -0.1) is 12.4 Å². The number of fused-ring (bicyclic) bond motifs is 1. The molecule has 0 aliphatic heterocycles. The Labute approximate surface area is 183 Å². The fraction of sp³-hybridized carbons (Fsp3) is 0.500. The summed E-state index contributed by atoms with van der Waals surface area (Å²) >= 11 is 3.58. The van der Waals surface area contributed by atoms with E-state index in [0.29, 0.717) is 17.9 Å². The van der Waals surface area contributed by atoms with Crippen molar-refractivity contribution in [1.29, 1.82) is 0 Å². The average molecular weight is 472 g/mol. The first-order chi connectivity index (χ1) is 13.1. The molecule has 2 rings (SSSR count). The molecular formula is C22H32BrClN2O2. The standard InChI is InChI=1S/C22H31BrN2O2.ClH/c1-4-6-13-25(14-7-5-2)15-12-24-22(26)19-16-20(23)17-10-8-9-11-18(17)21(19)27-3;/h8-11,16H,4-7,12-15H2,1-3H3,(H,24,26);1H. The molecule has 0 aliphatic carbocycles. The quantitative estimate of drug-likeness (QED) is 0.459. The Morgan fingerprint density at radius 2 is 1.68 bits per heavy atom. The van der Waals surface area contributed by atoms with Crippen molar-refractivity contribution >= 4 is 45.0 Å². The Morgan fingerprint density at radius 3 is 2.25 bits per heavy atom. The maximum Gasteiger partial charge on any atom is 0.255 e. The van der Waals surface area contributed by atoms with E-state index >= 15 is 0 Å². The number of methoxy groups -OCH3 is 1. The summed E-state index contributed by atoms with van der Waals surface area (Å²) in [5.74, 6) is 0.532. The van der Waals surface area contributed by atoms with Crippen molar-refractivity contribution in [3.05, 3.63) is 40.4 Å². The van der Waals surface area contributed by atoms with Crippen LogP contribution in [-0.4, -0.2) is 44.1 Å². The maximum absolute atomic E-state index is 12.8. The minimum atomic E-state index is -0.0933. The molecule has 4 nitrogen and oxygen atoms in total. The van der Waals surface area contributed by atoms with Gasteiger partial charge < -0.3 is 15.0 Å². The van der Waals surface area contributed by atoms with Gasteiger partial charge >= 0.3 is 0 Å². The van der Waals surface area contributed by atoms with Gasteiger partial charge in [0.15, 0.2) is 0 Å². The molecule has 6 heteroatoms. The van der Waals surface area contributed by atoms with E-state index in [1.165, 1.54) is 25.7 Å². The van der Waals surface area contributed by atoms with Gasteiger partial charge in [0.05, 0.1) is 12.7 Å². The van der Waals surface area contributed by atoms with E-state index in [2.05, 4.69) is 40.0 Å². The van der Waals surface area contributed by atoms with Crippen LogP contribution in [0, 0.1) is 0 Å². The number of amides is 1. The van der Waals surface area contributed by atoms with Crippen LogP contribution in [0.3, 0.4) is 0 Å². The van der Waals surface area contributed by atoms with Crippen LogP contribution < -0.4 is 10.1 Å². The molecule has 28 heavy (non-hydrogen) atoms. The van der Waals surface area contributed by atoms with Crippen molar-refractivity contribution in [2.24, 2.45) is 0 Å².